The van der Waals surface area contributed by atoms with Crippen molar-refractivity contribution in [3.05, 3.63) is 63.6 Å². The lowest BCUT2D eigenvalue weighted by Gasteiger charge is -2.15. The van der Waals surface area contributed by atoms with E-state index < -0.39 is 0 Å². The normalized spacial score (nSPS) is 10.5. The Labute approximate surface area is 167 Å². The molecule has 0 fully saturated rings. The van der Waals surface area contributed by atoms with E-state index in [2.05, 4.69) is 45.2 Å². The summed E-state index contributed by atoms with van der Waals surface area (Å²) in [5.41, 5.74) is 12.0. The van der Waals surface area contributed by atoms with Crippen LogP contribution in [0.5, 0.6) is 5.75 Å². The van der Waals surface area contributed by atoms with Crippen LogP contribution >= 0.6 is 15.9 Å². The Balaban J connectivity index is 2.31. The second-order valence-corrected chi connectivity index (χ2v) is 7.23. The summed E-state index contributed by atoms with van der Waals surface area (Å²) < 4.78 is 6.68. The number of hydrogen-bond acceptors (Lipinski definition) is 4. The van der Waals surface area contributed by atoms with Crippen molar-refractivity contribution in [2.75, 3.05) is 12.3 Å². The van der Waals surface area contributed by atoms with Crippen molar-refractivity contribution >= 4 is 21.7 Å². The van der Waals surface area contributed by atoms with E-state index in [1.165, 1.54) is 0 Å². The third-order valence-electron chi connectivity index (χ3n) is 4.36. The molecule has 0 aliphatic rings. The maximum atomic E-state index is 9.69. The van der Waals surface area contributed by atoms with Crippen LogP contribution in [0.1, 0.15) is 23.6 Å². The average molecular weight is 422 g/mol. The van der Waals surface area contributed by atoms with E-state index in [0.29, 0.717) is 23.5 Å². The lowest BCUT2D eigenvalue weighted by atomic mass is 9.95. The topological polar surface area (TPSA) is 71.9 Å². The number of anilines is 1. The minimum Gasteiger partial charge on any atom is -0.493 e. The van der Waals surface area contributed by atoms with Gasteiger partial charge in [-0.25, -0.2) is 4.98 Å². The van der Waals surface area contributed by atoms with Crippen LogP contribution in [-0.2, 0) is 0 Å². The Morgan fingerprint density at radius 2 is 1.85 bits per heavy atom. The fourth-order valence-corrected chi connectivity index (χ4v) is 3.40. The van der Waals surface area contributed by atoms with E-state index in [9.17, 15) is 5.26 Å². The molecular formula is C22H20BrN3O. The van der Waals surface area contributed by atoms with Gasteiger partial charge in [-0.1, -0.05) is 33.6 Å². The lowest BCUT2D eigenvalue weighted by molar-refractivity contribution is 0.341. The molecule has 0 aliphatic carbocycles. The Bertz CT molecular complexity index is 1050. The number of halogens is 1. The zero-order valence-corrected chi connectivity index (χ0v) is 17.1. The number of pyridine rings is 1. The molecule has 0 aliphatic heterocycles. The minimum absolute atomic E-state index is 0.216. The number of rotatable bonds is 4. The average Bonchev–Trinajstić information content (AvgIpc) is 2.64. The maximum absolute atomic E-state index is 9.69. The molecule has 0 saturated carbocycles. The predicted molar refractivity (Wildman–Crippen MR) is 113 cm³/mol. The maximum Gasteiger partial charge on any atom is 0.142 e. The van der Waals surface area contributed by atoms with E-state index in [4.69, 9.17) is 10.5 Å². The van der Waals surface area contributed by atoms with Gasteiger partial charge in [-0.2, -0.15) is 5.26 Å². The van der Waals surface area contributed by atoms with Crippen molar-refractivity contribution in [2.45, 2.75) is 20.8 Å². The van der Waals surface area contributed by atoms with E-state index in [1.54, 1.807) is 0 Å². The van der Waals surface area contributed by atoms with Gasteiger partial charge in [0.2, 0.25) is 0 Å². The molecule has 2 N–H and O–H groups in total. The molecule has 0 unspecified atom stereocenters. The van der Waals surface area contributed by atoms with Crippen molar-refractivity contribution in [1.82, 2.24) is 4.98 Å². The predicted octanol–water partition coefficient (Wildman–Crippen LogP) is 5.65. The SMILES string of the molecule is CCOc1ccc(Br)cc1-c1cc(-c2cc(C)ccc2C)nc(N)c1C#N. The Kier molecular flexibility index (Phi) is 5.48. The Morgan fingerprint density at radius 3 is 2.56 bits per heavy atom. The third kappa shape index (κ3) is 3.81. The first-order valence-corrected chi connectivity index (χ1v) is 9.44. The fourth-order valence-electron chi connectivity index (χ4n) is 3.04. The summed E-state index contributed by atoms with van der Waals surface area (Å²) in [5.74, 6) is 0.919. The standard InChI is InChI=1S/C22H20BrN3O/c1-4-27-21-8-7-15(23)10-18(21)17-11-20(26-22(25)19(17)12-24)16-9-13(2)5-6-14(16)3/h5-11H,4H2,1-3H3,(H2,25,26). The molecule has 4 nitrogen and oxygen atoms in total. The molecule has 3 aromatic rings. The number of nitrogens with two attached hydrogens (primary N) is 1. The summed E-state index contributed by atoms with van der Waals surface area (Å²) in [6.07, 6.45) is 0. The van der Waals surface area contributed by atoms with Gasteiger partial charge in [0, 0.05) is 21.2 Å². The van der Waals surface area contributed by atoms with Gasteiger partial charge in [0.15, 0.2) is 0 Å². The molecule has 136 valence electrons. The molecule has 3 rings (SSSR count). The fraction of sp³-hybridized carbons (Fsp3) is 0.182. The number of nitriles is 1. The van der Waals surface area contributed by atoms with Crippen molar-refractivity contribution in [3.8, 4) is 34.2 Å². The second kappa shape index (κ2) is 7.81. The van der Waals surface area contributed by atoms with E-state index in [1.807, 2.05) is 45.0 Å². The molecule has 0 atom stereocenters. The number of aromatic nitrogens is 1. The quantitative estimate of drug-likeness (QED) is 0.590. The van der Waals surface area contributed by atoms with Crippen LogP contribution in [0, 0.1) is 25.2 Å². The van der Waals surface area contributed by atoms with Crippen molar-refractivity contribution < 1.29 is 4.74 Å². The Hall–Kier alpha value is -2.84. The largest absolute Gasteiger partial charge is 0.493 e. The highest BCUT2D eigenvalue weighted by molar-refractivity contribution is 9.10. The second-order valence-electron chi connectivity index (χ2n) is 6.32. The van der Waals surface area contributed by atoms with Gasteiger partial charge >= 0.3 is 0 Å². The van der Waals surface area contributed by atoms with Gasteiger partial charge in [0.1, 0.15) is 23.2 Å². The highest BCUT2D eigenvalue weighted by Crippen LogP contribution is 2.38. The summed E-state index contributed by atoms with van der Waals surface area (Å²) in [4.78, 5) is 4.50. The molecule has 0 saturated heterocycles. The van der Waals surface area contributed by atoms with Crippen molar-refractivity contribution in [3.63, 3.8) is 0 Å². The van der Waals surface area contributed by atoms with Crippen LogP contribution in [0.2, 0.25) is 0 Å². The smallest absolute Gasteiger partial charge is 0.142 e. The van der Waals surface area contributed by atoms with Gasteiger partial charge in [0.05, 0.1) is 12.3 Å². The molecule has 0 spiro atoms. The molecular weight excluding hydrogens is 402 g/mol. The van der Waals surface area contributed by atoms with Gasteiger partial charge in [-0.05, 0) is 56.7 Å². The van der Waals surface area contributed by atoms with E-state index in [0.717, 1.165) is 32.4 Å². The van der Waals surface area contributed by atoms with Gasteiger partial charge in [0.25, 0.3) is 0 Å². The number of nitrogen functional groups attached to an aromatic ring is 1. The van der Waals surface area contributed by atoms with Crippen LogP contribution in [0.25, 0.3) is 22.4 Å². The number of nitrogens with zero attached hydrogens (tertiary/aromatic N) is 2. The van der Waals surface area contributed by atoms with Crippen molar-refractivity contribution in [1.29, 1.82) is 5.26 Å². The zero-order chi connectivity index (χ0) is 19.6. The summed E-state index contributed by atoms with van der Waals surface area (Å²) in [6.45, 7) is 6.54. The van der Waals surface area contributed by atoms with Gasteiger partial charge < -0.3 is 10.5 Å². The molecule has 1 heterocycles. The highest BCUT2D eigenvalue weighted by Gasteiger charge is 2.18. The van der Waals surface area contributed by atoms with E-state index >= 15 is 0 Å². The number of benzene rings is 2. The van der Waals surface area contributed by atoms with Crippen molar-refractivity contribution in [2.24, 2.45) is 0 Å². The van der Waals surface area contributed by atoms with Crippen LogP contribution in [-0.4, -0.2) is 11.6 Å². The van der Waals surface area contributed by atoms with Crippen LogP contribution in [0.4, 0.5) is 5.82 Å². The first kappa shape index (κ1) is 18.9. The minimum atomic E-state index is 0.216. The third-order valence-corrected chi connectivity index (χ3v) is 4.85. The van der Waals surface area contributed by atoms with Crippen LogP contribution in [0.3, 0.4) is 0 Å². The number of ether oxygens (including phenoxy) is 1. The Morgan fingerprint density at radius 1 is 1.07 bits per heavy atom. The lowest BCUT2D eigenvalue weighted by Crippen LogP contribution is -2.02. The van der Waals surface area contributed by atoms with Crippen LogP contribution < -0.4 is 10.5 Å². The molecule has 5 heteroatoms. The summed E-state index contributed by atoms with van der Waals surface area (Å²) in [6, 6.07) is 16.1. The monoisotopic (exact) mass is 421 g/mol. The summed E-state index contributed by atoms with van der Waals surface area (Å²) >= 11 is 3.51. The van der Waals surface area contributed by atoms with Crippen LogP contribution in [0.15, 0.2) is 46.9 Å². The highest BCUT2D eigenvalue weighted by atomic mass is 79.9. The molecule has 1 aromatic heterocycles. The summed E-state index contributed by atoms with van der Waals surface area (Å²) in [5, 5.41) is 9.69. The molecule has 27 heavy (non-hydrogen) atoms. The van der Waals surface area contributed by atoms with Gasteiger partial charge in [-0.15, -0.1) is 0 Å². The summed E-state index contributed by atoms with van der Waals surface area (Å²) in [7, 11) is 0. The van der Waals surface area contributed by atoms with Gasteiger partial charge in [-0.3, -0.25) is 0 Å². The molecule has 0 bridgehead atoms. The number of hydrogen-bond donors (Lipinski definition) is 1. The molecule has 0 amide bonds. The molecule has 2 aromatic carbocycles. The first-order valence-electron chi connectivity index (χ1n) is 8.65. The number of aryl methyl sites for hydroxylation is 2. The first-order chi connectivity index (χ1) is 12.9. The van der Waals surface area contributed by atoms with E-state index in [-0.39, 0.29) is 5.82 Å². The molecule has 0 radical (unpaired) electrons. The zero-order valence-electron chi connectivity index (χ0n) is 15.5.